The van der Waals surface area contributed by atoms with E-state index < -0.39 is 10.0 Å². The smallest absolute Gasteiger partial charge is 0.244 e. The fourth-order valence-corrected chi connectivity index (χ4v) is 5.91. The Labute approximate surface area is 174 Å². The van der Waals surface area contributed by atoms with Crippen molar-refractivity contribution in [3.63, 3.8) is 0 Å². The molecule has 1 saturated heterocycles. The van der Waals surface area contributed by atoms with Crippen molar-refractivity contribution in [1.82, 2.24) is 4.31 Å². The fourth-order valence-electron chi connectivity index (χ4n) is 3.46. The molecule has 2 aliphatic heterocycles. The Morgan fingerprint density at radius 2 is 1.79 bits per heavy atom. The van der Waals surface area contributed by atoms with Gasteiger partial charge in [0.15, 0.2) is 0 Å². The number of nitrogens with one attached hydrogen (secondary N) is 1. The van der Waals surface area contributed by atoms with E-state index in [1.807, 2.05) is 18.2 Å². The zero-order valence-electron chi connectivity index (χ0n) is 15.7. The number of thioether (sulfide) groups is 1. The molecule has 0 bridgehead atoms. The molecular formula is C20H21N3O4S2. The molecule has 2 aromatic rings. The maximum absolute atomic E-state index is 12.9. The van der Waals surface area contributed by atoms with Crippen molar-refractivity contribution in [2.24, 2.45) is 0 Å². The maximum atomic E-state index is 12.9. The minimum Gasteiger partial charge on any atom is -0.325 e. The van der Waals surface area contributed by atoms with Gasteiger partial charge in [0.05, 0.1) is 16.3 Å². The van der Waals surface area contributed by atoms with E-state index in [0.717, 1.165) is 17.7 Å². The number of sulfonamides is 1. The predicted octanol–water partition coefficient (Wildman–Crippen LogP) is 2.55. The van der Waals surface area contributed by atoms with E-state index >= 15 is 0 Å². The van der Waals surface area contributed by atoms with Gasteiger partial charge in [-0.25, -0.2) is 8.42 Å². The van der Waals surface area contributed by atoms with Gasteiger partial charge in [0.25, 0.3) is 0 Å². The number of hydrogen-bond acceptors (Lipinski definition) is 5. The third kappa shape index (κ3) is 4.17. The second-order valence-corrected chi connectivity index (χ2v) is 9.88. The molecule has 7 nitrogen and oxygen atoms in total. The molecule has 0 aliphatic carbocycles. The van der Waals surface area contributed by atoms with Gasteiger partial charge in [-0.3, -0.25) is 9.59 Å². The van der Waals surface area contributed by atoms with E-state index in [4.69, 9.17) is 0 Å². The summed E-state index contributed by atoms with van der Waals surface area (Å²) in [6.07, 6.45) is 1.70. The van der Waals surface area contributed by atoms with Crippen LogP contribution in [0.1, 0.15) is 12.8 Å². The highest BCUT2D eigenvalue weighted by molar-refractivity contribution is 8.00. The van der Waals surface area contributed by atoms with Crippen molar-refractivity contribution in [3.8, 4) is 0 Å². The van der Waals surface area contributed by atoms with Gasteiger partial charge in [0.1, 0.15) is 6.54 Å². The first-order valence-corrected chi connectivity index (χ1v) is 11.8. The number of carbonyl (C=O) groups is 2. The average molecular weight is 432 g/mol. The van der Waals surface area contributed by atoms with E-state index in [9.17, 15) is 18.0 Å². The van der Waals surface area contributed by atoms with E-state index in [1.165, 1.54) is 27.0 Å². The highest BCUT2D eigenvalue weighted by Crippen LogP contribution is 2.37. The number of carbonyl (C=O) groups excluding carboxylic acids is 2. The SMILES string of the molecule is O=C(CN1C(=O)CSc2ccc(S(=O)(=O)N3CCCC3)cc21)Nc1ccccc1. The van der Waals surface area contributed by atoms with E-state index in [0.29, 0.717) is 24.5 Å². The summed E-state index contributed by atoms with van der Waals surface area (Å²) < 4.78 is 27.3. The molecule has 0 saturated carbocycles. The van der Waals surface area contributed by atoms with Gasteiger partial charge in [-0.2, -0.15) is 4.31 Å². The molecule has 152 valence electrons. The summed E-state index contributed by atoms with van der Waals surface area (Å²) >= 11 is 1.35. The number of nitrogens with zero attached hydrogens (tertiary/aromatic N) is 2. The zero-order chi connectivity index (χ0) is 20.4. The first kappa shape index (κ1) is 19.9. The van der Waals surface area contributed by atoms with Crippen LogP contribution in [0.15, 0.2) is 58.3 Å². The monoisotopic (exact) mass is 431 g/mol. The normalized spacial score (nSPS) is 17.2. The molecule has 2 amide bonds. The number of hydrogen-bond donors (Lipinski definition) is 1. The lowest BCUT2D eigenvalue weighted by Crippen LogP contribution is -2.41. The van der Waals surface area contributed by atoms with Crippen LogP contribution in [0.5, 0.6) is 0 Å². The Balaban J connectivity index is 1.60. The van der Waals surface area contributed by atoms with Crippen molar-refractivity contribution in [3.05, 3.63) is 48.5 Å². The van der Waals surface area contributed by atoms with E-state index in [-0.39, 0.29) is 29.0 Å². The predicted molar refractivity (Wildman–Crippen MR) is 113 cm³/mol. The molecule has 29 heavy (non-hydrogen) atoms. The minimum absolute atomic E-state index is 0.155. The third-order valence-electron chi connectivity index (χ3n) is 4.94. The van der Waals surface area contributed by atoms with Crippen LogP contribution in [-0.4, -0.2) is 49.9 Å². The van der Waals surface area contributed by atoms with Crippen LogP contribution in [0.25, 0.3) is 0 Å². The highest BCUT2D eigenvalue weighted by atomic mass is 32.2. The number of fused-ring (bicyclic) bond motifs is 1. The lowest BCUT2D eigenvalue weighted by molar-refractivity contribution is -0.120. The summed E-state index contributed by atoms with van der Waals surface area (Å²) in [5.74, 6) is -0.347. The van der Waals surface area contributed by atoms with Crippen molar-refractivity contribution in [2.75, 3.05) is 35.6 Å². The fraction of sp³-hybridized carbons (Fsp3) is 0.300. The Morgan fingerprint density at radius 1 is 1.07 bits per heavy atom. The van der Waals surface area contributed by atoms with Gasteiger partial charge >= 0.3 is 0 Å². The van der Waals surface area contributed by atoms with Crippen LogP contribution in [0.3, 0.4) is 0 Å². The lowest BCUT2D eigenvalue weighted by atomic mass is 10.2. The van der Waals surface area contributed by atoms with Crippen molar-refractivity contribution < 1.29 is 18.0 Å². The van der Waals surface area contributed by atoms with Crippen molar-refractivity contribution >= 4 is 45.0 Å². The zero-order valence-corrected chi connectivity index (χ0v) is 17.3. The largest absolute Gasteiger partial charge is 0.325 e. The van der Waals surface area contributed by atoms with Crippen LogP contribution in [0, 0.1) is 0 Å². The highest BCUT2D eigenvalue weighted by Gasteiger charge is 2.31. The molecule has 0 radical (unpaired) electrons. The maximum Gasteiger partial charge on any atom is 0.244 e. The van der Waals surface area contributed by atoms with Crippen molar-refractivity contribution in [2.45, 2.75) is 22.6 Å². The molecule has 2 aromatic carbocycles. The summed E-state index contributed by atoms with van der Waals surface area (Å²) in [7, 11) is -3.60. The molecule has 2 heterocycles. The van der Waals surface area contributed by atoms with Gasteiger partial charge in [-0.05, 0) is 43.2 Å². The van der Waals surface area contributed by atoms with Crippen LogP contribution in [-0.2, 0) is 19.6 Å². The Bertz CT molecular complexity index is 1030. The second kappa shape index (κ2) is 8.17. The minimum atomic E-state index is -3.60. The Hall–Kier alpha value is -2.36. The van der Waals surface area contributed by atoms with Gasteiger partial charge in [0, 0.05) is 23.7 Å². The third-order valence-corrected chi connectivity index (χ3v) is 7.88. The van der Waals surface area contributed by atoms with Gasteiger partial charge < -0.3 is 10.2 Å². The quantitative estimate of drug-likeness (QED) is 0.786. The molecular weight excluding hydrogens is 410 g/mol. The summed E-state index contributed by atoms with van der Waals surface area (Å²) in [5, 5.41) is 2.76. The van der Waals surface area contributed by atoms with Crippen LogP contribution in [0.2, 0.25) is 0 Å². The van der Waals surface area contributed by atoms with E-state index in [2.05, 4.69) is 5.32 Å². The first-order valence-electron chi connectivity index (χ1n) is 9.37. The summed E-state index contributed by atoms with van der Waals surface area (Å²) in [4.78, 5) is 27.3. The lowest BCUT2D eigenvalue weighted by Gasteiger charge is -2.29. The molecule has 9 heteroatoms. The average Bonchev–Trinajstić information content (AvgIpc) is 3.26. The number of amides is 2. The summed E-state index contributed by atoms with van der Waals surface area (Å²) in [6, 6.07) is 13.8. The number of anilines is 2. The molecule has 0 aromatic heterocycles. The Morgan fingerprint density at radius 3 is 2.52 bits per heavy atom. The van der Waals surface area contributed by atoms with Crippen LogP contribution < -0.4 is 10.2 Å². The second-order valence-electron chi connectivity index (χ2n) is 6.92. The molecule has 0 atom stereocenters. The van der Waals surface area contributed by atoms with Crippen LogP contribution >= 0.6 is 11.8 Å². The number of benzene rings is 2. The molecule has 4 rings (SSSR count). The first-order chi connectivity index (χ1) is 13.9. The topological polar surface area (TPSA) is 86.8 Å². The molecule has 1 N–H and O–H groups in total. The Kier molecular flexibility index (Phi) is 5.62. The standard InChI is InChI=1S/C20H21N3O4S2/c24-19(21-15-6-2-1-3-7-15)13-23-17-12-16(8-9-18(17)28-14-20(23)25)29(26,27)22-10-4-5-11-22/h1-3,6-9,12H,4-5,10-11,13-14H2,(H,21,24). The van der Waals surface area contributed by atoms with Gasteiger partial charge in [-0.15, -0.1) is 11.8 Å². The van der Waals surface area contributed by atoms with Crippen molar-refractivity contribution in [1.29, 1.82) is 0 Å². The van der Waals surface area contributed by atoms with Gasteiger partial charge in [0.2, 0.25) is 21.8 Å². The molecule has 2 aliphatic rings. The van der Waals surface area contributed by atoms with Gasteiger partial charge in [-0.1, -0.05) is 18.2 Å². The van der Waals surface area contributed by atoms with E-state index in [1.54, 1.807) is 24.3 Å². The molecule has 0 unspecified atom stereocenters. The molecule has 0 spiro atoms. The molecule has 1 fully saturated rings. The number of para-hydroxylation sites is 1. The summed E-state index contributed by atoms with van der Waals surface area (Å²) in [5.41, 5.74) is 1.11. The summed E-state index contributed by atoms with van der Waals surface area (Å²) in [6.45, 7) is 0.848. The number of rotatable bonds is 5. The van der Waals surface area contributed by atoms with Crippen LogP contribution in [0.4, 0.5) is 11.4 Å².